The van der Waals surface area contributed by atoms with E-state index in [1.54, 1.807) is 48.7 Å². The second kappa shape index (κ2) is 9.01. The van der Waals surface area contributed by atoms with Gasteiger partial charge in [0.15, 0.2) is 5.78 Å². The van der Waals surface area contributed by atoms with Crippen molar-refractivity contribution in [2.24, 2.45) is 5.41 Å². The van der Waals surface area contributed by atoms with E-state index < -0.39 is 22.8 Å². The highest BCUT2D eigenvalue weighted by Gasteiger charge is 2.38. The Kier molecular flexibility index (Phi) is 6.80. The molecule has 3 rings (SSSR count). The van der Waals surface area contributed by atoms with E-state index in [4.69, 9.17) is 11.6 Å². The minimum Gasteiger partial charge on any atom is -0.481 e. The zero-order valence-electron chi connectivity index (χ0n) is 20.3. The normalized spacial score (nSPS) is 12.4. The van der Waals surface area contributed by atoms with Gasteiger partial charge in [-0.05, 0) is 87.6 Å². The third-order valence-electron chi connectivity index (χ3n) is 6.03. The van der Waals surface area contributed by atoms with Crippen LogP contribution in [-0.2, 0) is 11.2 Å². The van der Waals surface area contributed by atoms with Crippen molar-refractivity contribution < 1.29 is 24.6 Å². The molecule has 34 heavy (non-hydrogen) atoms. The first-order valence-corrected chi connectivity index (χ1v) is 11.5. The third-order valence-corrected chi connectivity index (χ3v) is 6.28. The van der Waals surface area contributed by atoms with Crippen LogP contribution < -0.4 is 0 Å². The average Bonchev–Trinajstić information content (AvgIpc) is 3.04. The summed E-state index contributed by atoms with van der Waals surface area (Å²) in [5, 5.41) is 20.9. The van der Waals surface area contributed by atoms with Crippen molar-refractivity contribution in [1.82, 2.24) is 4.40 Å². The van der Waals surface area contributed by atoms with E-state index in [1.807, 2.05) is 26.0 Å². The van der Waals surface area contributed by atoms with E-state index in [9.17, 15) is 24.6 Å². The fourth-order valence-corrected chi connectivity index (χ4v) is 4.04. The lowest BCUT2D eigenvalue weighted by molar-refractivity contribution is -0.146. The van der Waals surface area contributed by atoms with Crippen LogP contribution in [0.2, 0.25) is 5.02 Å². The SMILES string of the molecule is CC(C)c1ccn2c(C(=O)c3ccc(Cl)cc3)c(CC(C)(C)C(=O)O)c(C(=O)C(C)(C)O)c2c1. The van der Waals surface area contributed by atoms with Crippen LogP contribution in [0.3, 0.4) is 0 Å². The summed E-state index contributed by atoms with van der Waals surface area (Å²) in [6.07, 6.45) is 1.65. The van der Waals surface area contributed by atoms with Gasteiger partial charge in [0, 0.05) is 16.8 Å². The number of carbonyl (C=O) groups excluding carboxylic acids is 2. The predicted molar refractivity (Wildman–Crippen MR) is 132 cm³/mol. The fraction of sp³-hybridized carbons (Fsp3) is 0.370. The zero-order valence-corrected chi connectivity index (χ0v) is 21.0. The summed E-state index contributed by atoms with van der Waals surface area (Å²) in [4.78, 5) is 39.3. The Morgan fingerprint density at radius 1 is 1.03 bits per heavy atom. The highest BCUT2D eigenvalue weighted by atomic mass is 35.5. The maximum atomic E-state index is 13.8. The number of ketones is 2. The van der Waals surface area contributed by atoms with Gasteiger partial charge in [0.05, 0.1) is 22.2 Å². The second-order valence-corrected chi connectivity index (χ2v) is 10.6. The van der Waals surface area contributed by atoms with Crippen LogP contribution in [0, 0.1) is 5.41 Å². The van der Waals surface area contributed by atoms with Crippen LogP contribution >= 0.6 is 11.6 Å². The average molecular weight is 484 g/mol. The van der Waals surface area contributed by atoms with Crippen molar-refractivity contribution >= 4 is 34.7 Å². The molecule has 2 aromatic heterocycles. The molecule has 0 saturated heterocycles. The first kappa shape index (κ1) is 25.7. The number of nitrogens with zero attached hydrogens (tertiary/aromatic N) is 1. The Labute approximate surface area is 204 Å². The largest absolute Gasteiger partial charge is 0.481 e. The van der Waals surface area contributed by atoms with Crippen molar-refractivity contribution in [2.45, 2.75) is 59.5 Å². The Balaban J connectivity index is 2.45. The number of pyridine rings is 1. The Morgan fingerprint density at radius 3 is 2.12 bits per heavy atom. The van der Waals surface area contributed by atoms with Crippen LogP contribution in [0.5, 0.6) is 0 Å². The van der Waals surface area contributed by atoms with Gasteiger partial charge < -0.3 is 14.6 Å². The Morgan fingerprint density at radius 2 is 1.62 bits per heavy atom. The van der Waals surface area contributed by atoms with Gasteiger partial charge in [0.2, 0.25) is 5.78 Å². The van der Waals surface area contributed by atoms with Gasteiger partial charge in [-0.3, -0.25) is 14.4 Å². The molecule has 1 aromatic carbocycles. The van der Waals surface area contributed by atoms with E-state index in [0.29, 0.717) is 21.7 Å². The zero-order chi connectivity index (χ0) is 25.6. The Hall–Kier alpha value is -2.96. The molecule has 2 N–H and O–H groups in total. The molecule has 0 bridgehead atoms. The number of carbonyl (C=O) groups is 3. The van der Waals surface area contributed by atoms with Gasteiger partial charge in [0.25, 0.3) is 0 Å². The van der Waals surface area contributed by atoms with E-state index in [1.165, 1.54) is 13.8 Å². The molecule has 0 saturated carbocycles. The molecule has 0 aliphatic carbocycles. The minimum absolute atomic E-state index is 0.0765. The van der Waals surface area contributed by atoms with Crippen molar-refractivity contribution in [2.75, 3.05) is 0 Å². The molecule has 0 spiro atoms. The van der Waals surface area contributed by atoms with Gasteiger partial charge in [0.1, 0.15) is 5.60 Å². The summed E-state index contributed by atoms with van der Waals surface area (Å²) in [5.41, 5.74) is -0.547. The maximum absolute atomic E-state index is 13.8. The molecule has 0 amide bonds. The Bertz CT molecular complexity index is 1280. The van der Waals surface area contributed by atoms with Crippen molar-refractivity contribution in [3.05, 3.63) is 75.6 Å². The fourth-order valence-electron chi connectivity index (χ4n) is 3.91. The molecule has 0 radical (unpaired) electrons. The lowest BCUT2D eigenvalue weighted by Crippen LogP contribution is -2.33. The molecule has 3 aromatic rings. The molecule has 180 valence electrons. The number of benzene rings is 1. The van der Waals surface area contributed by atoms with Crippen molar-refractivity contribution in [3.8, 4) is 0 Å². The maximum Gasteiger partial charge on any atom is 0.309 e. The number of Topliss-reactive ketones (excluding diaryl/α,β-unsaturated/α-hetero) is 1. The van der Waals surface area contributed by atoms with Gasteiger partial charge >= 0.3 is 5.97 Å². The number of halogens is 1. The van der Waals surface area contributed by atoms with Crippen molar-refractivity contribution in [1.29, 1.82) is 0 Å². The number of hydrogen-bond acceptors (Lipinski definition) is 4. The van der Waals surface area contributed by atoms with Crippen LogP contribution in [0.1, 0.15) is 85.0 Å². The quantitative estimate of drug-likeness (QED) is 0.409. The van der Waals surface area contributed by atoms with Gasteiger partial charge in [-0.1, -0.05) is 25.4 Å². The molecule has 0 unspecified atom stereocenters. The lowest BCUT2D eigenvalue weighted by atomic mass is 9.81. The topological polar surface area (TPSA) is 96.1 Å². The smallest absolute Gasteiger partial charge is 0.309 e. The first-order chi connectivity index (χ1) is 15.6. The minimum atomic E-state index is -1.72. The highest BCUT2D eigenvalue weighted by molar-refractivity contribution is 6.30. The van der Waals surface area contributed by atoms with Gasteiger partial charge in [-0.2, -0.15) is 0 Å². The van der Waals surface area contributed by atoms with Gasteiger partial charge in [-0.25, -0.2) is 0 Å². The first-order valence-electron chi connectivity index (χ1n) is 11.1. The van der Waals surface area contributed by atoms with Crippen molar-refractivity contribution in [3.63, 3.8) is 0 Å². The molecule has 0 fully saturated rings. The molecule has 7 heteroatoms. The van der Waals surface area contributed by atoms with Crippen LogP contribution in [0.4, 0.5) is 0 Å². The number of carboxylic acids is 1. The molecule has 6 nitrogen and oxygen atoms in total. The summed E-state index contributed by atoms with van der Waals surface area (Å²) in [6, 6.07) is 10.1. The molecular formula is C27H30ClNO5. The van der Waals surface area contributed by atoms with E-state index in [0.717, 1.165) is 5.56 Å². The monoisotopic (exact) mass is 483 g/mol. The van der Waals surface area contributed by atoms with Crippen LogP contribution in [0.15, 0.2) is 42.6 Å². The number of aromatic nitrogens is 1. The predicted octanol–water partition coefficient (Wildman–Crippen LogP) is 5.55. The molecule has 0 atom stereocenters. The summed E-state index contributed by atoms with van der Waals surface area (Å²) < 4.78 is 1.63. The standard InChI is InChI=1S/C27H30ClNO5/c1-15(2)17-11-12-29-20(13-17)21(24(31)27(5,6)34)19(14-26(3,4)25(32)33)22(29)23(30)16-7-9-18(28)10-8-16/h7-13,15,34H,14H2,1-6H3,(H,32,33). The number of aliphatic hydroxyl groups is 1. The molecule has 2 heterocycles. The number of aliphatic carboxylic acids is 1. The number of carboxylic acid groups (broad SMARTS) is 1. The molecule has 0 aliphatic heterocycles. The van der Waals surface area contributed by atoms with E-state index in [-0.39, 0.29) is 29.4 Å². The number of fused-ring (bicyclic) bond motifs is 1. The van der Waals surface area contributed by atoms with E-state index in [2.05, 4.69) is 0 Å². The molecule has 0 aliphatic rings. The summed E-state index contributed by atoms with van der Waals surface area (Å²) >= 11 is 6.00. The number of rotatable bonds is 8. The van der Waals surface area contributed by atoms with Crippen LogP contribution in [0.25, 0.3) is 5.52 Å². The summed E-state index contributed by atoms with van der Waals surface area (Å²) in [7, 11) is 0. The van der Waals surface area contributed by atoms with E-state index >= 15 is 0 Å². The van der Waals surface area contributed by atoms with Gasteiger partial charge in [-0.15, -0.1) is 0 Å². The summed E-state index contributed by atoms with van der Waals surface area (Å²) in [6.45, 7) is 9.90. The number of hydrogen-bond donors (Lipinski definition) is 2. The second-order valence-electron chi connectivity index (χ2n) is 10.2. The molecular weight excluding hydrogens is 454 g/mol. The highest BCUT2D eigenvalue weighted by Crippen LogP contribution is 2.35. The third kappa shape index (κ3) is 4.79. The lowest BCUT2D eigenvalue weighted by Gasteiger charge is -2.22. The summed E-state index contributed by atoms with van der Waals surface area (Å²) in [5.74, 6) is -1.84. The van der Waals surface area contributed by atoms with Crippen LogP contribution in [-0.4, -0.2) is 37.8 Å².